The van der Waals surface area contributed by atoms with Gasteiger partial charge in [-0.05, 0) is 19.4 Å². The van der Waals surface area contributed by atoms with Gasteiger partial charge in [-0.15, -0.1) is 6.42 Å². The van der Waals surface area contributed by atoms with Crippen LogP contribution in [-0.4, -0.2) is 25.3 Å². The van der Waals surface area contributed by atoms with Crippen molar-refractivity contribution in [1.29, 1.82) is 0 Å². The molecule has 0 atom stereocenters. The Labute approximate surface area is 131 Å². The quantitative estimate of drug-likeness (QED) is 0.596. The maximum Gasteiger partial charge on any atom is 0.350 e. The Morgan fingerprint density at radius 2 is 2.23 bits per heavy atom. The van der Waals surface area contributed by atoms with Crippen molar-refractivity contribution in [2.75, 3.05) is 5.75 Å². The summed E-state index contributed by atoms with van der Waals surface area (Å²) in [5, 5.41) is 4.80. The van der Waals surface area contributed by atoms with Crippen molar-refractivity contribution in [2.45, 2.75) is 19.0 Å². The molecule has 2 heterocycles. The lowest BCUT2D eigenvalue weighted by atomic mass is 10.0. The van der Waals surface area contributed by atoms with Gasteiger partial charge in [-0.1, -0.05) is 47.5 Å². The van der Waals surface area contributed by atoms with Crippen LogP contribution in [0.1, 0.15) is 11.3 Å². The number of aromatic amines is 1. The van der Waals surface area contributed by atoms with Gasteiger partial charge in [0.2, 0.25) is 0 Å². The Hall–Kier alpha value is -2.52. The van der Waals surface area contributed by atoms with Gasteiger partial charge in [0.15, 0.2) is 10.8 Å². The summed E-state index contributed by atoms with van der Waals surface area (Å²) >= 11 is 1.32. The molecule has 0 radical (unpaired) electrons. The second-order valence-electron chi connectivity index (χ2n) is 4.91. The summed E-state index contributed by atoms with van der Waals surface area (Å²) in [6.45, 7) is 3.90. The fourth-order valence-electron chi connectivity index (χ4n) is 2.35. The van der Waals surface area contributed by atoms with Crippen LogP contribution in [0.5, 0.6) is 0 Å². The lowest BCUT2D eigenvalue weighted by Gasteiger charge is -2.03. The average molecular weight is 310 g/mol. The summed E-state index contributed by atoms with van der Waals surface area (Å²) in [4.78, 5) is 19.4. The normalized spacial score (nSPS) is 10.8. The average Bonchev–Trinajstić information content (AvgIpc) is 2.82. The number of terminal acetylenes is 1. The van der Waals surface area contributed by atoms with E-state index in [1.54, 1.807) is 0 Å². The van der Waals surface area contributed by atoms with E-state index < -0.39 is 0 Å². The van der Waals surface area contributed by atoms with E-state index in [9.17, 15) is 4.79 Å². The molecule has 0 spiro atoms. The van der Waals surface area contributed by atoms with E-state index in [2.05, 4.69) is 27.1 Å². The van der Waals surface area contributed by atoms with Crippen molar-refractivity contribution >= 4 is 17.4 Å². The van der Waals surface area contributed by atoms with Gasteiger partial charge in [0.25, 0.3) is 0 Å². The number of aryl methyl sites for hydroxylation is 2. The summed E-state index contributed by atoms with van der Waals surface area (Å²) in [5.74, 6) is 2.97. The van der Waals surface area contributed by atoms with Crippen molar-refractivity contribution in [1.82, 2.24) is 19.6 Å². The van der Waals surface area contributed by atoms with Crippen LogP contribution in [0.2, 0.25) is 0 Å². The number of hydrogen-bond donors (Lipinski definition) is 1. The standard InChI is InChI=1S/C16H14N4OS/c1-4-8-22-15-17-14-13(12-7-5-6-10(2)9-12)11(3)19-20(14)16(21)18-15/h1,5-7,9H,8H2,2-3H3,(H,17,18,21). The van der Waals surface area contributed by atoms with Gasteiger partial charge in [0.05, 0.1) is 11.4 Å². The smallest absolute Gasteiger partial charge is 0.285 e. The highest BCUT2D eigenvalue weighted by Gasteiger charge is 2.16. The number of H-pyrrole nitrogens is 1. The van der Waals surface area contributed by atoms with Crippen LogP contribution in [0.25, 0.3) is 16.8 Å². The Morgan fingerprint density at radius 1 is 1.41 bits per heavy atom. The minimum atomic E-state index is -0.313. The van der Waals surface area contributed by atoms with E-state index >= 15 is 0 Å². The lowest BCUT2D eigenvalue weighted by molar-refractivity contribution is 0.780. The molecule has 2 aromatic heterocycles. The van der Waals surface area contributed by atoms with E-state index in [0.717, 1.165) is 22.4 Å². The molecule has 110 valence electrons. The first-order valence-corrected chi connectivity index (χ1v) is 7.71. The van der Waals surface area contributed by atoms with Crippen LogP contribution in [0.3, 0.4) is 0 Å². The van der Waals surface area contributed by atoms with Crippen LogP contribution in [0.15, 0.2) is 34.2 Å². The molecule has 5 nitrogen and oxygen atoms in total. The summed E-state index contributed by atoms with van der Waals surface area (Å²) in [7, 11) is 0. The Morgan fingerprint density at radius 3 is 2.95 bits per heavy atom. The molecule has 0 saturated carbocycles. The zero-order chi connectivity index (χ0) is 15.7. The third kappa shape index (κ3) is 2.51. The van der Waals surface area contributed by atoms with Crippen LogP contribution in [0, 0.1) is 26.2 Å². The van der Waals surface area contributed by atoms with Crippen LogP contribution in [0.4, 0.5) is 0 Å². The van der Waals surface area contributed by atoms with Crippen LogP contribution < -0.4 is 5.69 Å². The Kier molecular flexibility index (Phi) is 3.73. The second-order valence-corrected chi connectivity index (χ2v) is 5.87. The van der Waals surface area contributed by atoms with Crippen molar-refractivity contribution in [3.63, 3.8) is 0 Å². The topological polar surface area (TPSA) is 63.1 Å². The zero-order valence-corrected chi connectivity index (χ0v) is 13.1. The lowest BCUT2D eigenvalue weighted by Crippen LogP contribution is -2.19. The number of aromatic nitrogens is 4. The number of hydrogen-bond acceptors (Lipinski definition) is 4. The first-order valence-electron chi connectivity index (χ1n) is 6.73. The van der Waals surface area contributed by atoms with Gasteiger partial charge in [0, 0.05) is 5.56 Å². The molecule has 0 unspecified atom stereocenters. The molecule has 0 fully saturated rings. The molecular weight excluding hydrogens is 296 g/mol. The van der Waals surface area contributed by atoms with Crippen molar-refractivity contribution < 1.29 is 0 Å². The number of nitrogens with zero attached hydrogens (tertiary/aromatic N) is 3. The maximum absolute atomic E-state index is 12.2. The van der Waals surface area contributed by atoms with Gasteiger partial charge in [0.1, 0.15) is 0 Å². The third-order valence-corrected chi connectivity index (χ3v) is 4.03. The fourth-order valence-corrected chi connectivity index (χ4v) is 2.88. The molecule has 6 heteroatoms. The summed E-state index contributed by atoms with van der Waals surface area (Å²) in [5.41, 5.74) is 4.01. The van der Waals surface area contributed by atoms with Crippen molar-refractivity contribution in [3.05, 3.63) is 46.0 Å². The van der Waals surface area contributed by atoms with E-state index in [4.69, 9.17) is 6.42 Å². The van der Waals surface area contributed by atoms with Crippen molar-refractivity contribution in [3.8, 4) is 23.5 Å². The van der Waals surface area contributed by atoms with E-state index in [1.165, 1.54) is 16.3 Å². The van der Waals surface area contributed by atoms with E-state index in [0.29, 0.717) is 16.6 Å². The third-order valence-electron chi connectivity index (χ3n) is 3.25. The van der Waals surface area contributed by atoms with Gasteiger partial charge < -0.3 is 0 Å². The highest BCUT2D eigenvalue weighted by molar-refractivity contribution is 7.99. The SMILES string of the molecule is C#CCSc1nc2c(-c3cccc(C)c3)c(C)nn2c(=O)[nH]1. The molecule has 3 rings (SSSR count). The number of fused-ring (bicyclic) bond motifs is 1. The molecule has 0 amide bonds. The van der Waals surface area contributed by atoms with Crippen molar-refractivity contribution in [2.24, 2.45) is 0 Å². The van der Waals surface area contributed by atoms with E-state index in [1.807, 2.05) is 32.0 Å². The molecule has 22 heavy (non-hydrogen) atoms. The number of nitrogens with one attached hydrogen (secondary N) is 1. The highest BCUT2D eigenvalue weighted by atomic mass is 32.2. The Balaban J connectivity index is 2.26. The molecule has 0 bridgehead atoms. The van der Waals surface area contributed by atoms with E-state index in [-0.39, 0.29) is 5.69 Å². The Bertz CT molecular complexity index is 949. The summed E-state index contributed by atoms with van der Waals surface area (Å²) < 4.78 is 1.30. The predicted molar refractivity (Wildman–Crippen MR) is 88.1 cm³/mol. The minimum Gasteiger partial charge on any atom is -0.285 e. The fraction of sp³-hybridized carbons (Fsp3) is 0.188. The predicted octanol–water partition coefficient (Wildman–Crippen LogP) is 2.43. The number of thioether (sulfide) groups is 1. The molecule has 0 saturated heterocycles. The molecule has 1 N–H and O–H groups in total. The summed E-state index contributed by atoms with van der Waals surface area (Å²) in [6.07, 6.45) is 5.26. The van der Waals surface area contributed by atoms with Crippen LogP contribution >= 0.6 is 11.8 Å². The molecule has 0 aliphatic rings. The monoisotopic (exact) mass is 310 g/mol. The molecule has 0 aliphatic carbocycles. The highest BCUT2D eigenvalue weighted by Crippen LogP contribution is 2.27. The zero-order valence-electron chi connectivity index (χ0n) is 12.3. The number of rotatable bonds is 3. The first-order chi connectivity index (χ1) is 10.6. The van der Waals surface area contributed by atoms with Gasteiger partial charge in [-0.25, -0.2) is 9.78 Å². The largest absolute Gasteiger partial charge is 0.350 e. The molecule has 3 aromatic rings. The minimum absolute atomic E-state index is 0.313. The molecular formula is C16H14N4OS. The molecule has 0 aliphatic heterocycles. The van der Waals surface area contributed by atoms with Gasteiger partial charge in [-0.3, -0.25) is 4.98 Å². The van der Waals surface area contributed by atoms with Crippen LogP contribution in [-0.2, 0) is 0 Å². The first kappa shape index (κ1) is 14.4. The maximum atomic E-state index is 12.2. The van der Waals surface area contributed by atoms with Gasteiger partial charge >= 0.3 is 5.69 Å². The summed E-state index contributed by atoms with van der Waals surface area (Å²) in [6, 6.07) is 8.06. The second kappa shape index (κ2) is 5.70. The van der Waals surface area contributed by atoms with Gasteiger partial charge in [-0.2, -0.15) is 9.61 Å². The number of benzene rings is 1. The molecule has 1 aromatic carbocycles.